The highest BCUT2D eigenvalue weighted by atomic mass is 35.7. The zero-order valence-corrected chi connectivity index (χ0v) is 11.4. The van der Waals surface area contributed by atoms with Crippen LogP contribution in [0.15, 0.2) is 54.7 Å². The molecule has 0 amide bonds. The van der Waals surface area contributed by atoms with Gasteiger partial charge < -0.3 is 0 Å². The maximum Gasteiger partial charge on any atom is 0.218 e. The van der Waals surface area contributed by atoms with E-state index in [1.165, 1.54) is 22.0 Å². The standard InChI is InChI=1S/C14H12N.ClHO4/c1-11-10-12-6-2-3-8-14(12)15-9-5-4-7-13(11)15;2-1(3,4)5/h2-10H,1H3;(H,2,3,4,5)/q+1;/p-1. The third-order valence-corrected chi connectivity index (χ3v) is 2.83. The molecule has 6 heteroatoms. The lowest BCUT2D eigenvalue weighted by Gasteiger charge is -2.17. The Balaban J connectivity index is 0.000000257. The lowest BCUT2D eigenvalue weighted by Crippen LogP contribution is -2.68. The Labute approximate surface area is 117 Å². The molecule has 0 aliphatic rings. The Morgan fingerprint density at radius 3 is 2.10 bits per heavy atom. The van der Waals surface area contributed by atoms with Crippen LogP contribution in [0, 0.1) is 17.2 Å². The van der Waals surface area contributed by atoms with Crippen LogP contribution in [0.3, 0.4) is 0 Å². The fourth-order valence-electron chi connectivity index (χ4n) is 2.11. The fraction of sp³-hybridized carbons (Fsp3) is 0.0714. The van der Waals surface area contributed by atoms with E-state index in [0.29, 0.717) is 0 Å². The van der Waals surface area contributed by atoms with E-state index in [9.17, 15) is 0 Å². The summed E-state index contributed by atoms with van der Waals surface area (Å²) in [6.45, 7) is 2.15. The number of aromatic nitrogens is 1. The summed E-state index contributed by atoms with van der Waals surface area (Å²) in [5, 5.41) is 1.29. The Morgan fingerprint density at radius 1 is 0.850 bits per heavy atom. The second-order valence-corrected chi connectivity index (χ2v) is 4.98. The lowest BCUT2D eigenvalue weighted by atomic mass is 10.1. The molecule has 0 radical (unpaired) electrons. The van der Waals surface area contributed by atoms with Gasteiger partial charge in [0.2, 0.25) is 11.0 Å². The highest BCUT2D eigenvalue weighted by molar-refractivity contribution is 5.78. The third-order valence-electron chi connectivity index (χ3n) is 2.83. The number of aryl methyl sites for hydroxylation is 1. The molecule has 0 atom stereocenters. The molecule has 3 aromatic rings. The van der Waals surface area contributed by atoms with Crippen LogP contribution in [0.25, 0.3) is 16.4 Å². The van der Waals surface area contributed by atoms with E-state index < -0.39 is 10.2 Å². The second-order valence-electron chi connectivity index (χ2n) is 4.22. The minimum atomic E-state index is -4.94. The largest absolute Gasteiger partial charge is 0.222 e. The van der Waals surface area contributed by atoms with Crippen LogP contribution in [0.4, 0.5) is 0 Å². The molecule has 0 spiro atoms. The van der Waals surface area contributed by atoms with Crippen molar-refractivity contribution in [1.82, 2.24) is 0 Å². The van der Waals surface area contributed by atoms with Gasteiger partial charge in [-0.1, -0.05) is 12.1 Å². The van der Waals surface area contributed by atoms with Crippen LogP contribution in [0.1, 0.15) is 5.56 Å². The molecule has 0 unspecified atom stereocenters. The molecular weight excluding hydrogens is 282 g/mol. The van der Waals surface area contributed by atoms with Gasteiger partial charge in [-0.25, -0.2) is 18.6 Å². The van der Waals surface area contributed by atoms with Crippen molar-refractivity contribution >= 4 is 16.4 Å². The van der Waals surface area contributed by atoms with Crippen molar-refractivity contribution in [1.29, 1.82) is 0 Å². The zero-order chi connectivity index (χ0) is 14.8. The van der Waals surface area contributed by atoms with E-state index in [4.69, 9.17) is 18.6 Å². The summed E-state index contributed by atoms with van der Waals surface area (Å²) >= 11 is 0. The lowest BCUT2D eigenvalue weighted by molar-refractivity contribution is -2.00. The van der Waals surface area contributed by atoms with Gasteiger partial charge in [0.15, 0.2) is 6.20 Å². The van der Waals surface area contributed by atoms with E-state index in [0.717, 1.165) is 0 Å². The highest BCUT2D eigenvalue weighted by Gasteiger charge is 2.09. The number of para-hydroxylation sites is 1. The maximum absolute atomic E-state index is 8.49. The van der Waals surface area contributed by atoms with Gasteiger partial charge in [-0.2, -0.15) is 4.40 Å². The molecule has 0 N–H and O–H groups in total. The first-order valence-corrected chi connectivity index (χ1v) is 7.00. The quantitative estimate of drug-likeness (QED) is 0.358. The molecule has 0 saturated carbocycles. The van der Waals surface area contributed by atoms with Gasteiger partial charge in [0.05, 0.1) is 0 Å². The fourth-order valence-corrected chi connectivity index (χ4v) is 2.11. The smallest absolute Gasteiger partial charge is 0.218 e. The van der Waals surface area contributed by atoms with Crippen molar-refractivity contribution in [2.24, 2.45) is 0 Å². The molecule has 3 rings (SSSR count). The van der Waals surface area contributed by atoms with E-state index in [1.54, 1.807) is 0 Å². The molecule has 0 fully saturated rings. The molecule has 5 nitrogen and oxygen atoms in total. The van der Waals surface area contributed by atoms with Crippen molar-refractivity contribution in [2.45, 2.75) is 6.92 Å². The molecule has 2 aromatic heterocycles. The number of hydrogen-bond donors (Lipinski definition) is 0. The summed E-state index contributed by atoms with van der Waals surface area (Å²) < 4.78 is 36.2. The SMILES string of the molecule is Cc1cc2ccccc2[n+]2ccccc12.[O-][Cl+3]([O-])([O-])[O-]. The van der Waals surface area contributed by atoms with E-state index >= 15 is 0 Å². The zero-order valence-electron chi connectivity index (χ0n) is 10.7. The topological polar surface area (TPSA) is 96.3 Å². The van der Waals surface area contributed by atoms with Crippen LogP contribution in [-0.2, 0) is 0 Å². The van der Waals surface area contributed by atoms with Gasteiger partial charge in [-0.05, 0) is 25.1 Å². The highest BCUT2D eigenvalue weighted by Crippen LogP contribution is 2.14. The predicted molar refractivity (Wildman–Crippen MR) is 61.8 cm³/mol. The number of hydrogen-bond acceptors (Lipinski definition) is 4. The second kappa shape index (κ2) is 5.70. The summed E-state index contributed by atoms with van der Waals surface area (Å²) in [7, 11) is -4.94. The Kier molecular flexibility index (Phi) is 4.17. The average Bonchev–Trinajstić information content (AvgIpc) is 2.37. The number of halogens is 1. The van der Waals surface area contributed by atoms with E-state index in [2.05, 4.69) is 66.1 Å². The normalized spacial score (nSPS) is 11.2. The molecule has 0 saturated heterocycles. The van der Waals surface area contributed by atoms with E-state index in [1.807, 2.05) is 0 Å². The number of nitrogens with zero attached hydrogens (tertiary/aromatic N) is 1. The first-order chi connectivity index (χ1) is 9.36. The summed E-state index contributed by atoms with van der Waals surface area (Å²) in [4.78, 5) is 0. The van der Waals surface area contributed by atoms with Crippen molar-refractivity contribution in [3.8, 4) is 0 Å². The van der Waals surface area contributed by atoms with Crippen molar-refractivity contribution in [3.63, 3.8) is 0 Å². The molecule has 0 aliphatic heterocycles. The number of rotatable bonds is 0. The number of pyridine rings is 2. The molecule has 0 aliphatic carbocycles. The maximum atomic E-state index is 8.49. The molecule has 20 heavy (non-hydrogen) atoms. The Hall–Kier alpha value is -1.76. The monoisotopic (exact) mass is 293 g/mol. The van der Waals surface area contributed by atoms with Gasteiger partial charge in [-0.15, -0.1) is 10.2 Å². The summed E-state index contributed by atoms with van der Waals surface area (Å²) in [5.41, 5.74) is 3.85. The molecule has 1 aromatic carbocycles. The summed E-state index contributed by atoms with van der Waals surface area (Å²) in [6, 6.07) is 17.0. The van der Waals surface area contributed by atoms with Crippen LogP contribution in [0.5, 0.6) is 0 Å². The van der Waals surface area contributed by atoms with Gasteiger partial charge >= 0.3 is 0 Å². The molecule has 104 valence electrons. The number of benzene rings is 1. The van der Waals surface area contributed by atoms with Crippen LogP contribution in [-0.4, -0.2) is 0 Å². The Bertz CT molecular complexity index is 734. The first kappa shape index (κ1) is 14.6. The van der Waals surface area contributed by atoms with Gasteiger partial charge in [-0.3, -0.25) is 0 Å². The van der Waals surface area contributed by atoms with E-state index in [-0.39, 0.29) is 0 Å². The van der Waals surface area contributed by atoms with Crippen LogP contribution >= 0.6 is 0 Å². The van der Waals surface area contributed by atoms with Crippen LogP contribution in [0.2, 0.25) is 0 Å². The van der Waals surface area contributed by atoms with Crippen molar-refractivity contribution in [3.05, 3.63) is 60.3 Å². The third kappa shape index (κ3) is 3.63. The van der Waals surface area contributed by atoms with Gasteiger partial charge in [0.1, 0.15) is 0 Å². The minimum absolute atomic E-state index is 1.26. The van der Waals surface area contributed by atoms with Crippen molar-refractivity contribution in [2.75, 3.05) is 0 Å². The van der Waals surface area contributed by atoms with Crippen LogP contribution < -0.4 is 23.0 Å². The summed E-state index contributed by atoms with van der Waals surface area (Å²) in [6.07, 6.45) is 2.12. The Morgan fingerprint density at radius 2 is 1.40 bits per heavy atom. The first-order valence-electron chi connectivity index (χ1n) is 5.77. The van der Waals surface area contributed by atoms with Gasteiger partial charge in [0, 0.05) is 29.1 Å². The predicted octanol–water partition coefficient (Wildman–Crippen LogP) is -1.87. The summed E-state index contributed by atoms with van der Waals surface area (Å²) in [5.74, 6) is 0. The minimum Gasteiger partial charge on any atom is -0.222 e. The average molecular weight is 294 g/mol. The van der Waals surface area contributed by atoms with Crippen molar-refractivity contribution < 1.29 is 33.3 Å². The van der Waals surface area contributed by atoms with Gasteiger partial charge in [0.25, 0.3) is 0 Å². The number of fused-ring (bicyclic) bond motifs is 3. The molecule has 2 heterocycles. The molecule has 0 bridgehead atoms. The molecular formula is C14H12ClNO4.